The van der Waals surface area contributed by atoms with E-state index in [9.17, 15) is 8.42 Å². The summed E-state index contributed by atoms with van der Waals surface area (Å²) in [6.07, 6.45) is 0. The van der Waals surface area contributed by atoms with Gasteiger partial charge in [-0.3, -0.25) is 0 Å². The zero-order valence-corrected chi connectivity index (χ0v) is 18.2. The Hall–Kier alpha value is -2.63. The van der Waals surface area contributed by atoms with E-state index in [1.165, 1.54) is 33.5 Å². The van der Waals surface area contributed by atoms with Crippen molar-refractivity contribution in [1.82, 2.24) is 14.9 Å². The van der Waals surface area contributed by atoms with Crippen LogP contribution < -0.4 is 18.9 Å². The lowest BCUT2D eigenvalue weighted by molar-refractivity contribution is 0.355. The van der Waals surface area contributed by atoms with Crippen molar-refractivity contribution in [3.05, 3.63) is 46.8 Å². The maximum Gasteiger partial charge on any atom is 0.242 e. The van der Waals surface area contributed by atoms with Crippen LogP contribution in [0.15, 0.2) is 50.3 Å². The predicted molar refractivity (Wildman–Crippen MR) is 108 cm³/mol. The van der Waals surface area contributed by atoms with Crippen LogP contribution >= 0.6 is 15.9 Å². The van der Waals surface area contributed by atoms with Crippen molar-refractivity contribution >= 4 is 26.0 Å². The monoisotopic (exact) mass is 483 g/mol. The van der Waals surface area contributed by atoms with Gasteiger partial charge in [0.25, 0.3) is 0 Å². The van der Waals surface area contributed by atoms with Gasteiger partial charge in [-0.1, -0.05) is 5.16 Å². The zero-order chi connectivity index (χ0) is 21.0. The first-order valence-electron chi connectivity index (χ1n) is 8.26. The van der Waals surface area contributed by atoms with E-state index in [1.54, 1.807) is 24.3 Å². The van der Waals surface area contributed by atoms with Crippen LogP contribution in [0.2, 0.25) is 0 Å². The number of rotatable bonds is 8. The van der Waals surface area contributed by atoms with Crippen LogP contribution in [0.3, 0.4) is 0 Å². The van der Waals surface area contributed by atoms with Crippen LogP contribution in [0.25, 0.3) is 11.4 Å². The highest BCUT2D eigenvalue weighted by Gasteiger charge is 2.18. The lowest BCUT2D eigenvalue weighted by atomic mass is 10.2. The number of hydrogen-bond donors (Lipinski definition) is 1. The number of sulfonamides is 1. The van der Waals surface area contributed by atoms with Crippen molar-refractivity contribution in [2.24, 2.45) is 0 Å². The third kappa shape index (κ3) is 4.69. The fourth-order valence-corrected chi connectivity index (χ4v) is 4.17. The van der Waals surface area contributed by atoms with Gasteiger partial charge in [-0.15, -0.1) is 0 Å². The van der Waals surface area contributed by atoms with Crippen molar-refractivity contribution in [2.75, 3.05) is 21.3 Å². The molecule has 11 heteroatoms. The molecule has 0 saturated carbocycles. The molecule has 0 unspecified atom stereocenters. The molecule has 0 amide bonds. The van der Waals surface area contributed by atoms with Crippen molar-refractivity contribution in [3.8, 4) is 28.6 Å². The highest BCUT2D eigenvalue weighted by molar-refractivity contribution is 9.10. The molecule has 0 aliphatic rings. The molecule has 1 N–H and O–H groups in total. The topological polar surface area (TPSA) is 113 Å². The summed E-state index contributed by atoms with van der Waals surface area (Å²) in [4.78, 5) is 4.30. The van der Waals surface area contributed by atoms with Gasteiger partial charge in [-0.05, 0) is 52.3 Å². The van der Waals surface area contributed by atoms with E-state index in [4.69, 9.17) is 18.7 Å². The van der Waals surface area contributed by atoms with Crippen molar-refractivity contribution in [2.45, 2.75) is 11.4 Å². The summed E-state index contributed by atoms with van der Waals surface area (Å²) < 4.78 is 48.7. The Morgan fingerprint density at radius 3 is 2.34 bits per heavy atom. The van der Waals surface area contributed by atoms with Crippen LogP contribution in [0.4, 0.5) is 0 Å². The van der Waals surface area contributed by atoms with Gasteiger partial charge in [0.15, 0.2) is 11.5 Å². The number of aromatic nitrogens is 2. The van der Waals surface area contributed by atoms with E-state index >= 15 is 0 Å². The van der Waals surface area contributed by atoms with Crippen LogP contribution in [0, 0.1) is 0 Å². The number of halogens is 1. The quantitative estimate of drug-likeness (QED) is 0.520. The van der Waals surface area contributed by atoms with E-state index in [-0.39, 0.29) is 17.3 Å². The van der Waals surface area contributed by atoms with Crippen LogP contribution in [-0.4, -0.2) is 39.9 Å². The molecule has 3 rings (SSSR count). The summed E-state index contributed by atoms with van der Waals surface area (Å²) in [5.41, 5.74) is 0.639. The maximum atomic E-state index is 12.5. The van der Waals surface area contributed by atoms with Crippen LogP contribution in [-0.2, 0) is 16.6 Å². The first kappa shape index (κ1) is 21.1. The van der Waals surface area contributed by atoms with E-state index < -0.39 is 10.0 Å². The summed E-state index contributed by atoms with van der Waals surface area (Å²) in [6.45, 7) is -0.160. The van der Waals surface area contributed by atoms with Gasteiger partial charge in [-0.25, -0.2) is 13.1 Å². The lowest BCUT2D eigenvalue weighted by Gasteiger charge is -2.08. The van der Waals surface area contributed by atoms with E-state index in [0.29, 0.717) is 33.1 Å². The molecule has 0 fully saturated rings. The second-order valence-corrected chi connectivity index (χ2v) is 8.32. The number of nitrogens with one attached hydrogen (secondary N) is 1. The first-order chi connectivity index (χ1) is 13.9. The third-order valence-electron chi connectivity index (χ3n) is 3.96. The number of ether oxygens (including phenoxy) is 3. The van der Waals surface area contributed by atoms with E-state index in [1.807, 2.05) is 0 Å². The highest BCUT2D eigenvalue weighted by atomic mass is 79.9. The SMILES string of the molecule is COc1ccc(S(=O)(=O)NCc2nc(-c3ccc(OC)c(OC)c3)no2)cc1Br. The van der Waals surface area contributed by atoms with Gasteiger partial charge in [0.2, 0.25) is 21.7 Å². The Kier molecular flexibility index (Phi) is 6.40. The third-order valence-corrected chi connectivity index (χ3v) is 5.98. The summed E-state index contributed by atoms with van der Waals surface area (Å²) in [5.74, 6) is 2.03. The Balaban J connectivity index is 1.74. The van der Waals surface area contributed by atoms with Gasteiger partial charge in [-0.2, -0.15) is 4.98 Å². The van der Waals surface area contributed by atoms with Crippen LogP contribution in [0.5, 0.6) is 17.2 Å². The summed E-state index contributed by atoms with van der Waals surface area (Å²) in [5, 5.41) is 3.89. The Morgan fingerprint density at radius 1 is 1.00 bits per heavy atom. The molecule has 3 aromatic rings. The smallest absolute Gasteiger partial charge is 0.242 e. The van der Waals surface area contributed by atoms with Gasteiger partial charge < -0.3 is 18.7 Å². The molecule has 2 aromatic carbocycles. The van der Waals surface area contributed by atoms with Gasteiger partial charge in [0, 0.05) is 5.56 Å². The minimum atomic E-state index is -3.78. The minimum Gasteiger partial charge on any atom is -0.496 e. The average Bonchev–Trinajstić information content (AvgIpc) is 3.21. The molecule has 9 nitrogen and oxygen atoms in total. The lowest BCUT2D eigenvalue weighted by Crippen LogP contribution is -2.23. The standard InChI is InChI=1S/C18H18BrN3O6S/c1-25-14-7-5-12(9-13(14)19)29(23,24)20-10-17-21-18(22-28-17)11-4-6-15(26-2)16(8-11)27-3/h4-9,20H,10H2,1-3H3. The van der Waals surface area contributed by atoms with Crippen molar-refractivity contribution in [1.29, 1.82) is 0 Å². The van der Waals surface area contributed by atoms with E-state index in [2.05, 4.69) is 30.8 Å². The number of benzene rings is 2. The first-order valence-corrected chi connectivity index (χ1v) is 10.5. The molecule has 0 saturated heterocycles. The molecular formula is C18H18BrN3O6S. The largest absolute Gasteiger partial charge is 0.496 e. The maximum absolute atomic E-state index is 12.5. The molecule has 0 spiro atoms. The molecule has 1 aromatic heterocycles. The number of methoxy groups -OCH3 is 3. The molecular weight excluding hydrogens is 466 g/mol. The van der Waals surface area contributed by atoms with Gasteiger partial charge >= 0.3 is 0 Å². The fraction of sp³-hybridized carbons (Fsp3) is 0.222. The number of hydrogen-bond acceptors (Lipinski definition) is 8. The predicted octanol–water partition coefficient (Wildman–Crippen LogP) is 3.00. The Bertz CT molecular complexity index is 1120. The second-order valence-electron chi connectivity index (χ2n) is 5.70. The average molecular weight is 484 g/mol. The second kappa shape index (κ2) is 8.80. The summed E-state index contributed by atoms with van der Waals surface area (Å²) in [6, 6.07) is 9.61. The van der Waals surface area contributed by atoms with Crippen LogP contribution in [0.1, 0.15) is 5.89 Å². The molecule has 29 heavy (non-hydrogen) atoms. The Labute approximate surface area is 176 Å². The van der Waals surface area contributed by atoms with Crippen molar-refractivity contribution < 1.29 is 27.2 Å². The van der Waals surface area contributed by atoms with Crippen molar-refractivity contribution in [3.63, 3.8) is 0 Å². The molecule has 154 valence electrons. The minimum absolute atomic E-state index is 0.0739. The summed E-state index contributed by atoms with van der Waals surface area (Å²) in [7, 11) is 0.780. The number of nitrogens with zero attached hydrogens (tertiary/aromatic N) is 2. The normalized spacial score (nSPS) is 11.3. The molecule has 0 aliphatic carbocycles. The highest BCUT2D eigenvalue weighted by Crippen LogP contribution is 2.31. The molecule has 1 heterocycles. The molecule has 0 aliphatic heterocycles. The van der Waals surface area contributed by atoms with E-state index in [0.717, 1.165) is 0 Å². The Morgan fingerprint density at radius 2 is 1.69 bits per heavy atom. The fourth-order valence-electron chi connectivity index (χ4n) is 2.47. The molecule has 0 radical (unpaired) electrons. The van der Waals surface area contributed by atoms with Gasteiger partial charge in [0.1, 0.15) is 5.75 Å². The summed E-state index contributed by atoms with van der Waals surface area (Å²) >= 11 is 3.27. The molecule has 0 bridgehead atoms. The van der Waals surface area contributed by atoms with Gasteiger partial charge in [0.05, 0.1) is 37.2 Å². The molecule has 0 atom stereocenters. The zero-order valence-electron chi connectivity index (χ0n) is 15.8.